The van der Waals surface area contributed by atoms with Crippen molar-refractivity contribution < 1.29 is 4.79 Å². The summed E-state index contributed by atoms with van der Waals surface area (Å²) in [7, 11) is 0. The molecule has 0 aliphatic rings. The second-order valence-corrected chi connectivity index (χ2v) is 7.98. The molecule has 5 nitrogen and oxygen atoms in total. The molecule has 1 aromatic carbocycles. The van der Waals surface area contributed by atoms with Gasteiger partial charge in [0.15, 0.2) is 3.92 Å². The molecule has 1 unspecified atom stereocenters. The summed E-state index contributed by atoms with van der Waals surface area (Å²) in [6, 6.07) is 7.58. The zero-order valence-corrected chi connectivity index (χ0v) is 15.5. The highest BCUT2D eigenvalue weighted by Gasteiger charge is 2.22. The van der Waals surface area contributed by atoms with Gasteiger partial charge < -0.3 is 10.3 Å². The Morgan fingerprint density at radius 1 is 1.26 bits per heavy atom. The number of H-pyrrole nitrogens is 1. The molecule has 0 bridgehead atoms. The van der Waals surface area contributed by atoms with Crippen LogP contribution < -0.4 is 5.32 Å². The predicted octanol–water partition coefficient (Wildman–Crippen LogP) is 4.40. The van der Waals surface area contributed by atoms with E-state index in [1.165, 1.54) is 11.3 Å². The van der Waals surface area contributed by atoms with Gasteiger partial charge in [-0.05, 0) is 40.9 Å². The maximum absolute atomic E-state index is 12.6. The summed E-state index contributed by atoms with van der Waals surface area (Å²) in [5, 5.41) is 2.97. The zero-order chi connectivity index (χ0) is 16.6. The molecule has 3 aromatic rings. The van der Waals surface area contributed by atoms with Gasteiger partial charge in [0, 0.05) is 4.88 Å². The highest BCUT2D eigenvalue weighted by Crippen LogP contribution is 2.30. The molecule has 0 saturated heterocycles. The van der Waals surface area contributed by atoms with Gasteiger partial charge in [0.1, 0.15) is 11.5 Å². The first kappa shape index (κ1) is 16.1. The van der Waals surface area contributed by atoms with Gasteiger partial charge in [0.05, 0.1) is 17.1 Å². The molecule has 0 aliphatic carbocycles. The number of nitrogens with one attached hydrogen (secondary N) is 2. The molecule has 23 heavy (non-hydrogen) atoms. The molecule has 7 heteroatoms. The third-order valence-electron chi connectivity index (χ3n) is 3.53. The first-order chi connectivity index (χ1) is 11.0. The van der Waals surface area contributed by atoms with Crippen LogP contribution in [0.3, 0.4) is 0 Å². The van der Waals surface area contributed by atoms with Gasteiger partial charge in [-0.15, -0.1) is 11.3 Å². The number of aromatic nitrogens is 3. The second-order valence-electron chi connectivity index (χ2n) is 5.67. The van der Waals surface area contributed by atoms with E-state index in [1.807, 2.05) is 31.2 Å². The van der Waals surface area contributed by atoms with Crippen LogP contribution in [0.4, 0.5) is 0 Å². The van der Waals surface area contributed by atoms with Gasteiger partial charge in [0.2, 0.25) is 0 Å². The largest absolute Gasteiger partial charge is 0.341 e. The van der Waals surface area contributed by atoms with Crippen LogP contribution in [0.15, 0.2) is 28.2 Å². The Bertz CT molecular complexity index is 822. The number of benzene rings is 1. The predicted molar refractivity (Wildman–Crippen MR) is 95.9 cm³/mol. The topological polar surface area (TPSA) is 70.7 Å². The van der Waals surface area contributed by atoms with Crippen molar-refractivity contribution in [2.45, 2.75) is 32.7 Å². The average molecular weight is 393 g/mol. The van der Waals surface area contributed by atoms with Crippen LogP contribution in [-0.4, -0.2) is 20.9 Å². The number of carbonyl (C=O) groups is 1. The molecule has 0 spiro atoms. The smallest absolute Gasteiger partial charge is 0.271 e. The Kier molecular flexibility index (Phi) is 4.50. The number of hydrogen-bond donors (Lipinski definition) is 2. The lowest BCUT2D eigenvalue weighted by Crippen LogP contribution is -2.28. The number of amides is 1. The second kappa shape index (κ2) is 6.41. The Labute approximate surface area is 146 Å². The molecule has 2 heterocycles. The maximum Gasteiger partial charge on any atom is 0.271 e. The molecule has 1 amide bonds. The summed E-state index contributed by atoms with van der Waals surface area (Å²) in [4.78, 5) is 25.6. The minimum Gasteiger partial charge on any atom is -0.341 e. The summed E-state index contributed by atoms with van der Waals surface area (Å²) in [5.41, 5.74) is 2.34. The van der Waals surface area contributed by atoms with Crippen LogP contribution in [0.5, 0.6) is 0 Å². The molecule has 2 N–H and O–H groups in total. The van der Waals surface area contributed by atoms with Crippen LogP contribution in [0.1, 0.15) is 53.9 Å². The third-order valence-corrected chi connectivity index (χ3v) is 5.34. The fraction of sp³-hybridized carbons (Fsp3) is 0.312. The van der Waals surface area contributed by atoms with Crippen molar-refractivity contribution in [3.05, 3.63) is 44.6 Å². The van der Waals surface area contributed by atoms with Crippen LogP contribution in [0.2, 0.25) is 0 Å². The number of imidazole rings is 1. The SMILES string of the molecule is CC(C)c1sc(Br)nc1C(=O)NC(C)c1nc2ccccc2[nH]1. The molecular weight excluding hydrogens is 376 g/mol. The zero-order valence-electron chi connectivity index (χ0n) is 13.1. The summed E-state index contributed by atoms with van der Waals surface area (Å²) in [6.45, 7) is 6.02. The van der Waals surface area contributed by atoms with Crippen LogP contribution in [0, 0.1) is 0 Å². The number of hydrogen-bond acceptors (Lipinski definition) is 4. The molecule has 120 valence electrons. The summed E-state index contributed by atoms with van der Waals surface area (Å²) < 4.78 is 0.725. The van der Waals surface area contributed by atoms with Crippen molar-refractivity contribution in [2.75, 3.05) is 0 Å². The first-order valence-electron chi connectivity index (χ1n) is 7.37. The van der Waals surface area contributed by atoms with Gasteiger partial charge in [-0.25, -0.2) is 9.97 Å². The standard InChI is InChI=1S/C16H17BrN4OS/c1-8(2)13-12(21-16(17)23-13)15(22)18-9(3)14-19-10-6-4-5-7-11(10)20-14/h4-9H,1-3H3,(H,18,22)(H,19,20). The van der Waals surface area contributed by atoms with Gasteiger partial charge in [-0.2, -0.15) is 0 Å². The molecule has 0 radical (unpaired) electrons. The lowest BCUT2D eigenvalue weighted by molar-refractivity contribution is 0.0932. The molecule has 0 saturated carbocycles. The van der Waals surface area contributed by atoms with Crippen LogP contribution in [-0.2, 0) is 0 Å². The number of halogens is 1. The average Bonchev–Trinajstić information content (AvgIpc) is 3.10. The maximum atomic E-state index is 12.6. The molecule has 3 rings (SSSR count). The van der Waals surface area contributed by atoms with Crippen molar-refractivity contribution in [3.8, 4) is 0 Å². The molecule has 0 aliphatic heterocycles. The number of carbonyl (C=O) groups excluding carboxylic acids is 1. The van der Waals surface area contributed by atoms with Crippen LogP contribution in [0.25, 0.3) is 11.0 Å². The van der Waals surface area contributed by atoms with E-state index in [4.69, 9.17) is 0 Å². The number of thiazole rings is 1. The Balaban J connectivity index is 1.82. The van der Waals surface area contributed by atoms with Crippen molar-refractivity contribution in [3.63, 3.8) is 0 Å². The van der Waals surface area contributed by atoms with Gasteiger partial charge in [-0.3, -0.25) is 4.79 Å². The lowest BCUT2D eigenvalue weighted by Gasteiger charge is -2.12. The van der Waals surface area contributed by atoms with Crippen molar-refractivity contribution in [1.82, 2.24) is 20.3 Å². The number of para-hydroxylation sites is 2. The third kappa shape index (κ3) is 3.30. The minimum absolute atomic E-state index is 0.177. The lowest BCUT2D eigenvalue weighted by atomic mass is 10.1. The van der Waals surface area contributed by atoms with E-state index < -0.39 is 0 Å². The number of aromatic amines is 1. The van der Waals surface area contributed by atoms with Gasteiger partial charge >= 0.3 is 0 Å². The summed E-state index contributed by atoms with van der Waals surface area (Å²) in [6.07, 6.45) is 0. The Morgan fingerprint density at radius 2 is 2.00 bits per heavy atom. The van der Waals surface area contributed by atoms with E-state index in [9.17, 15) is 4.79 Å². The fourth-order valence-corrected chi connectivity index (χ4v) is 3.86. The first-order valence-corrected chi connectivity index (χ1v) is 8.98. The number of rotatable bonds is 4. The molecule has 0 fully saturated rings. The van der Waals surface area contributed by atoms with E-state index in [0.717, 1.165) is 25.7 Å². The number of nitrogens with zero attached hydrogens (tertiary/aromatic N) is 2. The Hall–Kier alpha value is -1.73. The normalized spacial score (nSPS) is 12.7. The fourth-order valence-electron chi connectivity index (χ4n) is 2.37. The summed E-state index contributed by atoms with van der Waals surface area (Å²) >= 11 is 4.86. The number of fused-ring (bicyclic) bond motifs is 1. The molecular formula is C16H17BrN4OS. The summed E-state index contributed by atoms with van der Waals surface area (Å²) in [5.74, 6) is 0.810. The van der Waals surface area contributed by atoms with Crippen LogP contribution >= 0.6 is 27.3 Å². The quantitative estimate of drug-likeness (QED) is 0.691. The highest BCUT2D eigenvalue weighted by molar-refractivity contribution is 9.11. The van der Waals surface area contributed by atoms with E-state index in [-0.39, 0.29) is 17.9 Å². The van der Waals surface area contributed by atoms with E-state index >= 15 is 0 Å². The van der Waals surface area contributed by atoms with Crippen molar-refractivity contribution in [1.29, 1.82) is 0 Å². The molecule has 1 atom stereocenters. The van der Waals surface area contributed by atoms with E-state index in [1.54, 1.807) is 0 Å². The molecule has 2 aromatic heterocycles. The van der Waals surface area contributed by atoms with E-state index in [0.29, 0.717) is 5.69 Å². The van der Waals surface area contributed by atoms with Gasteiger partial charge in [-0.1, -0.05) is 26.0 Å². The van der Waals surface area contributed by atoms with Crippen molar-refractivity contribution >= 4 is 44.2 Å². The monoisotopic (exact) mass is 392 g/mol. The van der Waals surface area contributed by atoms with Gasteiger partial charge in [0.25, 0.3) is 5.91 Å². The van der Waals surface area contributed by atoms with E-state index in [2.05, 4.69) is 50.0 Å². The Morgan fingerprint density at radius 3 is 2.70 bits per heavy atom. The highest BCUT2D eigenvalue weighted by atomic mass is 79.9. The minimum atomic E-state index is -0.226. The van der Waals surface area contributed by atoms with Crippen molar-refractivity contribution in [2.24, 2.45) is 0 Å².